The van der Waals surface area contributed by atoms with Gasteiger partial charge in [-0.25, -0.2) is 18.1 Å². The van der Waals surface area contributed by atoms with Crippen LogP contribution in [-0.4, -0.2) is 23.2 Å². The summed E-state index contributed by atoms with van der Waals surface area (Å²) in [7, 11) is -2.45. The molecule has 0 fully saturated rings. The Kier molecular flexibility index (Phi) is 3.55. The van der Waals surface area contributed by atoms with Gasteiger partial charge in [0.2, 0.25) is 15.0 Å². The largest absolute Gasteiger partial charge is 0.416 e. The number of rotatable bonds is 3. The predicted molar refractivity (Wildman–Crippen MR) is 63.3 cm³/mol. The van der Waals surface area contributed by atoms with Crippen molar-refractivity contribution in [3.05, 3.63) is 41.7 Å². The molecule has 108 valence electrons. The number of halogens is 3. The molecule has 2 rings (SSSR count). The molecule has 0 saturated heterocycles. The molecule has 20 heavy (non-hydrogen) atoms. The number of nitrogens with zero attached hydrogens (tertiary/aromatic N) is 3. The van der Waals surface area contributed by atoms with Crippen LogP contribution >= 0.6 is 0 Å². The Bertz CT molecular complexity index is 723. The summed E-state index contributed by atoms with van der Waals surface area (Å²) in [6.07, 6.45) is -3.44. The zero-order valence-electron chi connectivity index (χ0n) is 10.3. The van der Waals surface area contributed by atoms with Crippen LogP contribution in [0.5, 0.6) is 0 Å². The molecular weight excluding hydrogens is 295 g/mol. The van der Waals surface area contributed by atoms with E-state index in [0.29, 0.717) is 0 Å². The van der Waals surface area contributed by atoms with Crippen molar-refractivity contribution in [2.45, 2.75) is 17.1 Å². The summed E-state index contributed by atoms with van der Waals surface area (Å²) in [5.74, 6) is -0.566. The van der Waals surface area contributed by atoms with Crippen molar-refractivity contribution in [1.29, 1.82) is 0 Å². The van der Waals surface area contributed by atoms with Crippen LogP contribution in [0.25, 0.3) is 0 Å². The van der Waals surface area contributed by atoms with Crippen molar-refractivity contribution >= 4 is 9.84 Å². The first-order valence-corrected chi connectivity index (χ1v) is 7.08. The summed E-state index contributed by atoms with van der Waals surface area (Å²) in [6, 6.07) is 4.19. The molecule has 0 atom stereocenters. The third-order valence-electron chi connectivity index (χ3n) is 2.56. The third-order valence-corrected chi connectivity index (χ3v) is 4.20. The Balaban J connectivity index is 2.34. The third kappa shape index (κ3) is 2.98. The van der Waals surface area contributed by atoms with Crippen molar-refractivity contribution < 1.29 is 21.6 Å². The molecule has 1 heterocycles. The number of aryl methyl sites for hydroxylation is 1. The van der Waals surface area contributed by atoms with Crippen molar-refractivity contribution in [1.82, 2.24) is 14.8 Å². The van der Waals surface area contributed by atoms with Gasteiger partial charge in [0.1, 0.15) is 6.33 Å². The number of hydrogen-bond acceptors (Lipinski definition) is 4. The van der Waals surface area contributed by atoms with Gasteiger partial charge in [-0.05, 0) is 11.6 Å². The van der Waals surface area contributed by atoms with Crippen molar-refractivity contribution in [2.75, 3.05) is 0 Å². The topological polar surface area (TPSA) is 64.8 Å². The summed E-state index contributed by atoms with van der Waals surface area (Å²) >= 11 is 0. The summed E-state index contributed by atoms with van der Waals surface area (Å²) in [5.41, 5.74) is -0.842. The highest BCUT2D eigenvalue weighted by molar-refractivity contribution is 7.90. The highest BCUT2D eigenvalue weighted by atomic mass is 32.2. The minimum Gasteiger partial charge on any atom is -0.240 e. The van der Waals surface area contributed by atoms with Crippen LogP contribution in [0.4, 0.5) is 13.2 Å². The van der Waals surface area contributed by atoms with Gasteiger partial charge >= 0.3 is 6.18 Å². The number of hydrogen-bond donors (Lipinski definition) is 0. The van der Waals surface area contributed by atoms with Crippen LogP contribution in [0.2, 0.25) is 0 Å². The molecule has 2 aromatic rings. The standard InChI is InChI=1S/C11H10F3N3O2S/c1-17-10(15-7-16-17)20(18,19)6-8-3-2-4-9(5-8)11(12,13)14/h2-5,7H,6H2,1H3. The maximum Gasteiger partial charge on any atom is 0.416 e. The van der Waals surface area contributed by atoms with E-state index in [1.54, 1.807) is 0 Å². The fraction of sp³-hybridized carbons (Fsp3) is 0.273. The van der Waals surface area contributed by atoms with Crippen molar-refractivity contribution in [3.63, 3.8) is 0 Å². The molecule has 5 nitrogen and oxygen atoms in total. The van der Waals surface area contributed by atoms with Gasteiger partial charge in [0.25, 0.3) is 0 Å². The molecule has 9 heteroatoms. The van der Waals surface area contributed by atoms with Gasteiger partial charge in [-0.15, -0.1) is 0 Å². The first-order valence-electron chi connectivity index (χ1n) is 5.43. The quantitative estimate of drug-likeness (QED) is 0.867. The number of benzene rings is 1. The molecule has 0 saturated carbocycles. The molecule has 0 aliphatic heterocycles. The van der Waals surface area contributed by atoms with Gasteiger partial charge < -0.3 is 0 Å². The first kappa shape index (κ1) is 14.5. The average Bonchev–Trinajstić information content (AvgIpc) is 2.75. The first-order chi connectivity index (χ1) is 9.20. The maximum absolute atomic E-state index is 12.6. The lowest BCUT2D eigenvalue weighted by Crippen LogP contribution is -2.12. The molecule has 0 aliphatic carbocycles. The molecule has 0 radical (unpaired) electrons. The lowest BCUT2D eigenvalue weighted by molar-refractivity contribution is -0.137. The van der Waals surface area contributed by atoms with E-state index in [9.17, 15) is 21.6 Å². The maximum atomic E-state index is 12.6. The molecule has 1 aromatic carbocycles. The van der Waals surface area contributed by atoms with Crippen LogP contribution in [0.15, 0.2) is 35.7 Å². The van der Waals surface area contributed by atoms with Crippen LogP contribution in [-0.2, 0) is 28.8 Å². The van der Waals surface area contributed by atoms with Crippen LogP contribution in [0.3, 0.4) is 0 Å². The van der Waals surface area contributed by atoms with E-state index in [2.05, 4.69) is 10.1 Å². The van der Waals surface area contributed by atoms with E-state index in [1.165, 1.54) is 19.2 Å². The molecule has 0 bridgehead atoms. The Morgan fingerprint density at radius 1 is 1.30 bits per heavy atom. The van der Waals surface area contributed by atoms with E-state index in [0.717, 1.165) is 23.1 Å². The normalized spacial score (nSPS) is 12.6. The Morgan fingerprint density at radius 2 is 2.00 bits per heavy atom. The highest BCUT2D eigenvalue weighted by Gasteiger charge is 2.31. The lowest BCUT2D eigenvalue weighted by Gasteiger charge is -2.09. The monoisotopic (exact) mass is 305 g/mol. The molecule has 0 amide bonds. The van der Waals surface area contributed by atoms with Gasteiger partial charge in [-0.2, -0.15) is 18.3 Å². The van der Waals surface area contributed by atoms with E-state index in [4.69, 9.17) is 0 Å². The van der Waals surface area contributed by atoms with E-state index in [-0.39, 0.29) is 10.7 Å². The zero-order chi connectivity index (χ0) is 15.0. The smallest absolute Gasteiger partial charge is 0.240 e. The second-order valence-electron chi connectivity index (χ2n) is 4.12. The number of aromatic nitrogens is 3. The predicted octanol–water partition coefficient (Wildman–Crippen LogP) is 1.81. The van der Waals surface area contributed by atoms with Crippen LogP contribution < -0.4 is 0 Å². The molecule has 1 aromatic heterocycles. The van der Waals surface area contributed by atoms with Crippen molar-refractivity contribution in [2.24, 2.45) is 7.05 Å². The minimum absolute atomic E-state index is 0.0443. The lowest BCUT2D eigenvalue weighted by atomic mass is 10.1. The van der Waals surface area contributed by atoms with Crippen molar-refractivity contribution in [3.8, 4) is 0 Å². The van der Waals surface area contributed by atoms with Gasteiger partial charge in [0.05, 0.1) is 11.3 Å². The fourth-order valence-corrected chi connectivity index (χ4v) is 3.09. The number of sulfone groups is 1. The molecule has 0 aliphatic rings. The van der Waals surface area contributed by atoms with Gasteiger partial charge in [0, 0.05) is 7.05 Å². The second kappa shape index (κ2) is 4.89. The molecule has 0 spiro atoms. The SMILES string of the molecule is Cn1ncnc1S(=O)(=O)Cc1cccc(C(F)(F)F)c1. The zero-order valence-corrected chi connectivity index (χ0v) is 11.1. The van der Waals surface area contributed by atoms with E-state index < -0.39 is 27.3 Å². The minimum atomic E-state index is -4.51. The summed E-state index contributed by atoms with van der Waals surface area (Å²) in [5, 5.41) is 3.35. The number of alkyl halides is 3. The average molecular weight is 305 g/mol. The van der Waals surface area contributed by atoms with Crippen LogP contribution in [0.1, 0.15) is 11.1 Å². The summed E-state index contributed by atoms with van der Waals surface area (Å²) in [4.78, 5) is 3.60. The van der Waals surface area contributed by atoms with Gasteiger partial charge in [-0.3, -0.25) is 0 Å². The summed E-state index contributed by atoms with van der Waals surface area (Å²) in [6.45, 7) is 0. The fourth-order valence-electron chi connectivity index (χ4n) is 1.69. The second-order valence-corrected chi connectivity index (χ2v) is 6.01. The Morgan fingerprint density at radius 3 is 2.55 bits per heavy atom. The summed E-state index contributed by atoms with van der Waals surface area (Å²) < 4.78 is 62.8. The molecule has 0 N–H and O–H groups in total. The van der Waals surface area contributed by atoms with E-state index in [1.807, 2.05) is 0 Å². The van der Waals surface area contributed by atoms with Gasteiger partial charge in [0.15, 0.2) is 0 Å². The van der Waals surface area contributed by atoms with Gasteiger partial charge in [-0.1, -0.05) is 18.2 Å². The Hall–Kier alpha value is -1.90. The van der Waals surface area contributed by atoms with Crippen LogP contribution in [0, 0.1) is 0 Å². The molecule has 0 unspecified atom stereocenters. The highest BCUT2D eigenvalue weighted by Crippen LogP contribution is 2.30. The van der Waals surface area contributed by atoms with E-state index >= 15 is 0 Å². The molecular formula is C11H10F3N3O2S. The Labute approximate surface area is 113 Å².